The van der Waals surface area contributed by atoms with Gasteiger partial charge in [0.05, 0.1) is 37.2 Å². The third-order valence-electron chi connectivity index (χ3n) is 5.25. The predicted octanol–water partition coefficient (Wildman–Crippen LogP) is 2.60. The van der Waals surface area contributed by atoms with Crippen LogP contribution in [0.2, 0.25) is 0 Å². The van der Waals surface area contributed by atoms with Crippen molar-refractivity contribution in [1.82, 2.24) is 15.1 Å². The molecule has 30 heavy (non-hydrogen) atoms. The van der Waals surface area contributed by atoms with E-state index in [-0.39, 0.29) is 29.7 Å². The van der Waals surface area contributed by atoms with Crippen molar-refractivity contribution in [1.29, 1.82) is 0 Å². The van der Waals surface area contributed by atoms with Crippen molar-refractivity contribution >= 4 is 11.6 Å². The van der Waals surface area contributed by atoms with Crippen molar-refractivity contribution in [3.8, 4) is 0 Å². The summed E-state index contributed by atoms with van der Waals surface area (Å²) in [7, 11) is 0. The van der Waals surface area contributed by atoms with Crippen LogP contribution in [-0.2, 0) is 16.1 Å². The summed E-state index contributed by atoms with van der Waals surface area (Å²) in [4.78, 5) is 28.6. The number of amides is 1. The third kappa shape index (κ3) is 4.87. The number of aromatic nitrogens is 2. The van der Waals surface area contributed by atoms with Crippen molar-refractivity contribution in [2.75, 3.05) is 37.7 Å². The summed E-state index contributed by atoms with van der Waals surface area (Å²) in [5.41, 5.74) is 2.89. The molecule has 2 saturated heterocycles. The molecule has 1 aromatic heterocycles. The number of carbonyl (C=O) groups excluding carboxylic acids is 1. The van der Waals surface area contributed by atoms with Crippen LogP contribution in [0.3, 0.4) is 0 Å². The smallest absolute Gasteiger partial charge is 0.269 e. The molecule has 0 atom stereocenters. The van der Waals surface area contributed by atoms with Gasteiger partial charge in [0, 0.05) is 25.6 Å². The highest BCUT2D eigenvalue weighted by Gasteiger charge is 2.31. The lowest BCUT2D eigenvalue weighted by Gasteiger charge is -2.37. The third-order valence-corrected chi connectivity index (χ3v) is 5.25. The molecular weight excluding hydrogens is 387 g/mol. The molecule has 2 aliphatic heterocycles. The molecule has 0 aliphatic carbocycles. The normalized spacial score (nSPS) is 16.7. The van der Waals surface area contributed by atoms with Crippen molar-refractivity contribution in [3.63, 3.8) is 0 Å². The van der Waals surface area contributed by atoms with E-state index in [0.717, 1.165) is 11.1 Å². The van der Waals surface area contributed by atoms with E-state index in [4.69, 9.17) is 4.74 Å². The summed E-state index contributed by atoms with van der Waals surface area (Å²) >= 11 is 0. The molecule has 4 rings (SSSR count). The Bertz CT molecular complexity index is 942. The fraction of sp³-hybridized carbons (Fsp3) is 0.500. The molecule has 7 nitrogen and oxygen atoms in total. The number of carbonyl (C=O) groups is 1. The van der Waals surface area contributed by atoms with Gasteiger partial charge in [0.15, 0.2) is 0 Å². The number of nitrogens with one attached hydrogen (secondary N) is 1. The van der Waals surface area contributed by atoms with E-state index in [1.165, 1.54) is 18.6 Å². The molecule has 0 saturated carbocycles. The summed E-state index contributed by atoms with van der Waals surface area (Å²) < 4.78 is 18.5. The van der Waals surface area contributed by atoms with Crippen LogP contribution in [0.5, 0.6) is 0 Å². The molecule has 1 aromatic carbocycles. The molecule has 0 bridgehead atoms. The lowest BCUT2D eigenvalue weighted by atomic mass is 9.97. The van der Waals surface area contributed by atoms with Gasteiger partial charge in [0.1, 0.15) is 5.82 Å². The first-order valence-electron chi connectivity index (χ1n) is 10.4. The van der Waals surface area contributed by atoms with Gasteiger partial charge in [0.25, 0.3) is 5.56 Å². The Labute approximate surface area is 175 Å². The number of ether oxygens (including phenoxy) is 1. The van der Waals surface area contributed by atoms with Crippen LogP contribution in [0.4, 0.5) is 10.1 Å². The van der Waals surface area contributed by atoms with Crippen LogP contribution in [0.1, 0.15) is 42.9 Å². The van der Waals surface area contributed by atoms with E-state index < -0.39 is 0 Å². The van der Waals surface area contributed by atoms with Gasteiger partial charge in [-0.3, -0.25) is 9.59 Å². The topological polar surface area (TPSA) is 78.5 Å². The molecule has 0 unspecified atom stereocenters. The van der Waals surface area contributed by atoms with Gasteiger partial charge in [-0.1, -0.05) is 26.3 Å². The minimum absolute atomic E-state index is 0.0268. The Morgan fingerprint density at radius 1 is 1.23 bits per heavy atom. The van der Waals surface area contributed by atoms with Crippen LogP contribution < -0.4 is 10.5 Å². The number of nitrogens with zero attached hydrogens (tertiary/aromatic N) is 3. The summed E-state index contributed by atoms with van der Waals surface area (Å²) in [6.45, 7) is 8.89. The number of piperazine rings is 1. The average Bonchev–Trinajstić information content (AvgIpc) is 2.66. The Morgan fingerprint density at radius 3 is 2.57 bits per heavy atom. The zero-order valence-corrected chi connectivity index (χ0v) is 17.8. The maximum atomic E-state index is 13.3. The molecular formula is C22H29FN4O3. The Morgan fingerprint density at radius 2 is 1.97 bits per heavy atom. The molecule has 162 valence electrons. The zero-order chi connectivity index (χ0) is 21.7. The van der Waals surface area contributed by atoms with Gasteiger partial charge in [-0.05, 0) is 30.2 Å². The maximum Gasteiger partial charge on any atom is 0.269 e. The number of hydrogen-bond donors (Lipinski definition) is 1. The average molecular weight is 416 g/mol. The van der Waals surface area contributed by atoms with E-state index in [1.54, 1.807) is 17.2 Å². The van der Waals surface area contributed by atoms with E-state index in [2.05, 4.69) is 24.0 Å². The van der Waals surface area contributed by atoms with Crippen molar-refractivity contribution in [2.45, 2.75) is 39.7 Å². The van der Waals surface area contributed by atoms with Crippen molar-refractivity contribution in [3.05, 3.63) is 57.3 Å². The standard InChI is InChI=1S/C19H21FN4O3.C3H8/c1-12-6-15(20)3-2-13(12)8-24-5-4-23(9-17(24)25)16-7-21-22-19(26)18(16)14-10-27-11-14;1-3-2/h2-3,6-7,14H,4-5,8-11H2,1H3,(H,22,26);3H2,1-2H3. The van der Waals surface area contributed by atoms with Gasteiger partial charge < -0.3 is 14.5 Å². The predicted molar refractivity (Wildman–Crippen MR) is 113 cm³/mol. The first kappa shape index (κ1) is 22.0. The number of aromatic amines is 1. The summed E-state index contributed by atoms with van der Waals surface area (Å²) in [6, 6.07) is 4.61. The lowest BCUT2D eigenvalue weighted by molar-refractivity contribution is -0.131. The van der Waals surface area contributed by atoms with Crippen LogP contribution in [-0.4, -0.2) is 53.9 Å². The number of rotatable bonds is 4. The number of benzene rings is 1. The molecule has 2 fully saturated rings. The van der Waals surface area contributed by atoms with Crippen LogP contribution >= 0.6 is 0 Å². The molecule has 2 aromatic rings. The molecule has 8 heteroatoms. The molecule has 2 aliphatic rings. The Balaban J connectivity index is 0.000000806. The number of H-pyrrole nitrogens is 1. The zero-order valence-electron chi connectivity index (χ0n) is 17.8. The molecule has 1 N–H and O–H groups in total. The number of anilines is 1. The second kappa shape index (κ2) is 9.84. The summed E-state index contributed by atoms with van der Waals surface area (Å²) in [5, 5.41) is 6.39. The first-order chi connectivity index (χ1) is 14.4. The fourth-order valence-electron chi connectivity index (χ4n) is 3.57. The fourth-order valence-corrected chi connectivity index (χ4v) is 3.57. The molecule has 1 amide bonds. The van der Waals surface area contributed by atoms with E-state index in [9.17, 15) is 14.0 Å². The molecule has 3 heterocycles. The minimum Gasteiger partial charge on any atom is -0.380 e. The molecule has 0 radical (unpaired) electrons. The number of hydrogen-bond acceptors (Lipinski definition) is 5. The highest BCUT2D eigenvalue weighted by molar-refractivity contribution is 5.83. The van der Waals surface area contributed by atoms with Crippen molar-refractivity contribution in [2.24, 2.45) is 0 Å². The van der Waals surface area contributed by atoms with E-state index >= 15 is 0 Å². The van der Waals surface area contributed by atoms with Crippen LogP contribution in [0, 0.1) is 12.7 Å². The quantitative estimate of drug-likeness (QED) is 0.829. The highest BCUT2D eigenvalue weighted by atomic mass is 19.1. The largest absolute Gasteiger partial charge is 0.380 e. The maximum absolute atomic E-state index is 13.3. The summed E-state index contributed by atoms with van der Waals surface area (Å²) in [6.07, 6.45) is 2.86. The number of halogens is 1. The van der Waals surface area contributed by atoms with Gasteiger partial charge in [-0.15, -0.1) is 0 Å². The second-order valence-corrected chi connectivity index (χ2v) is 7.75. The van der Waals surface area contributed by atoms with E-state index in [0.29, 0.717) is 44.1 Å². The van der Waals surface area contributed by atoms with Gasteiger partial charge in [-0.2, -0.15) is 5.10 Å². The second-order valence-electron chi connectivity index (χ2n) is 7.75. The Kier molecular flexibility index (Phi) is 7.20. The van der Waals surface area contributed by atoms with Gasteiger partial charge in [0.2, 0.25) is 5.91 Å². The highest BCUT2D eigenvalue weighted by Crippen LogP contribution is 2.30. The summed E-state index contributed by atoms with van der Waals surface area (Å²) in [5.74, 6) is -0.260. The number of aryl methyl sites for hydroxylation is 1. The van der Waals surface area contributed by atoms with Crippen LogP contribution in [0.25, 0.3) is 0 Å². The van der Waals surface area contributed by atoms with Gasteiger partial charge >= 0.3 is 0 Å². The van der Waals surface area contributed by atoms with Gasteiger partial charge in [-0.25, -0.2) is 9.49 Å². The first-order valence-corrected chi connectivity index (χ1v) is 10.4. The lowest BCUT2D eigenvalue weighted by Crippen LogP contribution is -2.51. The monoisotopic (exact) mass is 416 g/mol. The minimum atomic E-state index is -0.276. The van der Waals surface area contributed by atoms with Crippen molar-refractivity contribution < 1.29 is 13.9 Å². The SMILES string of the molecule is CCC.Cc1cc(F)ccc1CN1CCN(c2cn[nH]c(=O)c2C2COC2)CC1=O. The Hall–Kier alpha value is -2.74. The van der Waals surface area contributed by atoms with Crippen LogP contribution in [0.15, 0.2) is 29.2 Å². The molecule has 0 spiro atoms. The van der Waals surface area contributed by atoms with E-state index in [1.807, 2.05) is 11.8 Å².